The molecule has 1 aliphatic carbocycles. The van der Waals surface area contributed by atoms with Gasteiger partial charge in [-0.05, 0) is 44.1 Å². The molecule has 0 aromatic carbocycles. The smallest absolute Gasteiger partial charge is 0.248 e. The van der Waals surface area contributed by atoms with E-state index in [0.717, 1.165) is 25.8 Å². The van der Waals surface area contributed by atoms with Crippen molar-refractivity contribution in [1.82, 2.24) is 5.32 Å². The fourth-order valence-electron chi connectivity index (χ4n) is 2.89. The second-order valence-corrected chi connectivity index (χ2v) is 5.93. The van der Waals surface area contributed by atoms with Crippen molar-refractivity contribution in [3.63, 3.8) is 0 Å². The zero-order valence-corrected chi connectivity index (χ0v) is 11.4. The molecule has 17 heavy (non-hydrogen) atoms. The number of halogens is 2. The van der Waals surface area contributed by atoms with E-state index in [0.29, 0.717) is 18.4 Å². The van der Waals surface area contributed by atoms with E-state index in [2.05, 4.69) is 26.1 Å². The molecule has 0 aliphatic heterocycles. The molecule has 1 aliphatic rings. The third kappa shape index (κ3) is 5.80. The maximum atomic E-state index is 13.1. The third-order valence-electron chi connectivity index (χ3n) is 3.68. The van der Waals surface area contributed by atoms with Crippen LogP contribution in [0.2, 0.25) is 0 Å². The SMILES string of the molecule is CCNC(CCC1CCC(F)(F)C1)CC(C)C. The largest absolute Gasteiger partial charge is 0.314 e. The van der Waals surface area contributed by atoms with Crippen LogP contribution >= 0.6 is 0 Å². The van der Waals surface area contributed by atoms with Gasteiger partial charge in [0, 0.05) is 18.9 Å². The summed E-state index contributed by atoms with van der Waals surface area (Å²) in [5.74, 6) is -1.46. The summed E-state index contributed by atoms with van der Waals surface area (Å²) >= 11 is 0. The van der Waals surface area contributed by atoms with Gasteiger partial charge in [-0.3, -0.25) is 0 Å². The highest BCUT2D eigenvalue weighted by molar-refractivity contribution is 4.82. The minimum atomic E-state index is -2.38. The molecule has 0 aromatic rings. The lowest BCUT2D eigenvalue weighted by Crippen LogP contribution is -2.30. The van der Waals surface area contributed by atoms with Crippen LogP contribution in [0.4, 0.5) is 8.78 Å². The summed E-state index contributed by atoms with van der Waals surface area (Å²) in [5.41, 5.74) is 0. The van der Waals surface area contributed by atoms with Gasteiger partial charge >= 0.3 is 0 Å². The Morgan fingerprint density at radius 1 is 1.35 bits per heavy atom. The van der Waals surface area contributed by atoms with Crippen LogP contribution in [0.15, 0.2) is 0 Å². The van der Waals surface area contributed by atoms with Gasteiger partial charge in [0.25, 0.3) is 0 Å². The molecule has 1 saturated carbocycles. The van der Waals surface area contributed by atoms with Crippen molar-refractivity contribution in [2.75, 3.05) is 6.54 Å². The highest BCUT2D eigenvalue weighted by Crippen LogP contribution is 2.41. The fourth-order valence-corrected chi connectivity index (χ4v) is 2.89. The summed E-state index contributed by atoms with van der Waals surface area (Å²) in [6.07, 6.45) is 4.10. The monoisotopic (exact) mass is 247 g/mol. The van der Waals surface area contributed by atoms with E-state index in [1.807, 2.05) is 0 Å². The summed E-state index contributed by atoms with van der Waals surface area (Å²) in [6, 6.07) is 0.509. The molecule has 0 aromatic heterocycles. The van der Waals surface area contributed by atoms with Gasteiger partial charge in [0.1, 0.15) is 0 Å². The van der Waals surface area contributed by atoms with Gasteiger partial charge in [-0.1, -0.05) is 20.8 Å². The van der Waals surface area contributed by atoms with Crippen LogP contribution in [0.25, 0.3) is 0 Å². The third-order valence-corrected chi connectivity index (χ3v) is 3.68. The van der Waals surface area contributed by atoms with E-state index in [1.165, 1.54) is 0 Å². The van der Waals surface area contributed by atoms with Gasteiger partial charge in [0.2, 0.25) is 5.92 Å². The van der Waals surface area contributed by atoms with Crippen molar-refractivity contribution in [3.8, 4) is 0 Å². The summed E-state index contributed by atoms with van der Waals surface area (Å²) in [4.78, 5) is 0. The van der Waals surface area contributed by atoms with E-state index < -0.39 is 5.92 Å². The number of hydrogen-bond acceptors (Lipinski definition) is 1. The summed E-state index contributed by atoms with van der Waals surface area (Å²) in [6.45, 7) is 7.51. The molecule has 102 valence electrons. The Morgan fingerprint density at radius 2 is 2.06 bits per heavy atom. The summed E-state index contributed by atoms with van der Waals surface area (Å²) in [7, 11) is 0. The van der Waals surface area contributed by atoms with Crippen LogP contribution in [0.1, 0.15) is 59.3 Å². The minimum absolute atomic E-state index is 0.105. The molecule has 2 atom stereocenters. The molecule has 3 heteroatoms. The minimum Gasteiger partial charge on any atom is -0.314 e. The second kappa shape index (κ2) is 6.67. The maximum absolute atomic E-state index is 13.1. The Balaban J connectivity index is 2.27. The van der Waals surface area contributed by atoms with Crippen molar-refractivity contribution in [2.45, 2.75) is 71.3 Å². The molecule has 0 radical (unpaired) electrons. The first-order valence-corrected chi connectivity index (χ1v) is 7.04. The zero-order chi connectivity index (χ0) is 12.9. The van der Waals surface area contributed by atoms with Crippen molar-refractivity contribution < 1.29 is 8.78 Å². The van der Waals surface area contributed by atoms with Crippen LogP contribution in [-0.2, 0) is 0 Å². The van der Waals surface area contributed by atoms with E-state index in [4.69, 9.17) is 0 Å². The Morgan fingerprint density at radius 3 is 2.53 bits per heavy atom. The molecule has 0 saturated heterocycles. The Kier molecular flexibility index (Phi) is 5.84. The van der Waals surface area contributed by atoms with Gasteiger partial charge in [-0.2, -0.15) is 0 Å². The molecule has 0 heterocycles. The molecule has 1 nitrogen and oxygen atoms in total. The Labute approximate surface area is 104 Å². The molecular weight excluding hydrogens is 220 g/mol. The lowest BCUT2D eigenvalue weighted by atomic mass is 9.94. The molecule has 0 spiro atoms. The number of alkyl halides is 2. The average Bonchev–Trinajstić information content (AvgIpc) is 2.54. The predicted molar refractivity (Wildman–Crippen MR) is 68.4 cm³/mol. The van der Waals surface area contributed by atoms with Crippen LogP contribution in [0, 0.1) is 11.8 Å². The summed E-state index contributed by atoms with van der Waals surface area (Å²) < 4.78 is 26.1. The number of nitrogens with one attached hydrogen (secondary N) is 1. The van der Waals surface area contributed by atoms with E-state index in [1.54, 1.807) is 0 Å². The highest BCUT2D eigenvalue weighted by Gasteiger charge is 2.39. The molecular formula is C14H27F2N. The molecule has 0 bridgehead atoms. The van der Waals surface area contributed by atoms with Crippen LogP contribution < -0.4 is 5.32 Å². The van der Waals surface area contributed by atoms with Gasteiger partial charge in [0.15, 0.2) is 0 Å². The lowest BCUT2D eigenvalue weighted by Gasteiger charge is -2.21. The number of hydrogen-bond donors (Lipinski definition) is 1. The normalized spacial score (nSPS) is 25.4. The Bertz CT molecular complexity index is 216. The van der Waals surface area contributed by atoms with Crippen LogP contribution in [-0.4, -0.2) is 18.5 Å². The fraction of sp³-hybridized carbons (Fsp3) is 1.00. The first-order valence-electron chi connectivity index (χ1n) is 7.04. The molecule has 2 unspecified atom stereocenters. The second-order valence-electron chi connectivity index (χ2n) is 5.93. The zero-order valence-electron chi connectivity index (χ0n) is 11.4. The maximum Gasteiger partial charge on any atom is 0.248 e. The van der Waals surface area contributed by atoms with Crippen LogP contribution in [0.5, 0.6) is 0 Å². The molecule has 0 amide bonds. The van der Waals surface area contributed by atoms with Crippen molar-refractivity contribution >= 4 is 0 Å². The van der Waals surface area contributed by atoms with Gasteiger partial charge < -0.3 is 5.32 Å². The van der Waals surface area contributed by atoms with E-state index in [-0.39, 0.29) is 18.8 Å². The topological polar surface area (TPSA) is 12.0 Å². The standard InChI is InChI=1S/C14H27F2N/c1-4-17-13(9-11(2)3)6-5-12-7-8-14(15,16)10-12/h11-13,17H,4-10H2,1-3H3. The first kappa shape index (κ1) is 14.9. The van der Waals surface area contributed by atoms with Gasteiger partial charge in [-0.15, -0.1) is 0 Å². The average molecular weight is 247 g/mol. The van der Waals surface area contributed by atoms with Gasteiger partial charge in [0.05, 0.1) is 0 Å². The summed E-state index contributed by atoms with van der Waals surface area (Å²) in [5, 5.41) is 3.47. The van der Waals surface area contributed by atoms with Crippen molar-refractivity contribution in [3.05, 3.63) is 0 Å². The first-order chi connectivity index (χ1) is 7.93. The van der Waals surface area contributed by atoms with Crippen LogP contribution in [0.3, 0.4) is 0 Å². The van der Waals surface area contributed by atoms with Gasteiger partial charge in [-0.25, -0.2) is 8.78 Å². The lowest BCUT2D eigenvalue weighted by molar-refractivity contribution is 0.00451. The van der Waals surface area contributed by atoms with Crippen molar-refractivity contribution in [1.29, 1.82) is 0 Å². The number of rotatable bonds is 7. The highest BCUT2D eigenvalue weighted by atomic mass is 19.3. The molecule has 1 rings (SSSR count). The predicted octanol–water partition coefficient (Wildman–Crippen LogP) is 4.23. The molecule has 1 fully saturated rings. The van der Waals surface area contributed by atoms with E-state index >= 15 is 0 Å². The van der Waals surface area contributed by atoms with E-state index in [9.17, 15) is 8.78 Å². The van der Waals surface area contributed by atoms with Crippen molar-refractivity contribution in [2.24, 2.45) is 11.8 Å². The Hall–Kier alpha value is -0.180. The quantitative estimate of drug-likeness (QED) is 0.710. The molecule has 1 N–H and O–H groups in total.